The summed E-state index contributed by atoms with van der Waals surface area (Å²) in [5.74, 6) is -1.74. The van der Waals surface area contributed by atoms with Crippen LogP contribution < -0.4 is 0 Å². The first kappa shape index (κ1) is 18.0. The first-order chi connectivity index (χ1) is 12.1. The van der Waals surface area contributed by atoms with Crippen molar-refractivity contribution in [2.45, 2.75) is 0 Å². The van der Waals surface area contributed by atoms with Gasteiger partial charge >= 0.3 is 11.9 Å². The number of nitriles is 1. The zero-order valence-corrected chi connectivity index (χ0v) is 13.5. The van der Waals surface area contributed by atoms with Crippen molar-refractivity contribution in [3.05, 3.63) is 59.4 Å². The van der Waals surface area contributed by atoms with Gasteiger partial charge in [-0.15, -0.1) is 0 Å². The number of nitrogens with zero attached hydrogens (tertiary/aromatic N) is 2. The predicted molar refractivity (Wildman–Crippen MR) is 89.2 cm³/mol. The fraction of sp³-hybridized carbons (Fsp3) is 0.167. The summed E-state index contributed by atoms with van der Waals surface area (Å²) in [4.78, 5) is 22.8. The van der Waals surface area contributed by atoms with Gasteiger partial charge in [0.2, 0.25) is 0 Å². The molecule has 0 spiro atoms. The van der Waals surface area contributed by atoms with E-state index in [1.165, 1.54) is 25.3 Å². The summed E-state index contributed by atoms with van der Waals surface area (Å²) in [6.07, 6.45) is 3.16. The maximum absolute atomic E-state index is 11.9. The number of carboxylic acids is 1. The number of benzene rings is 1. The van der Waals surface area contributed by atoms with Gasteiger partial charge < -0.3 is 19.1 Å². The smallest absolute Gasteiger partial charge is 0.349 e. The monoisotopic (exact) mass is 340 g/mol. The van der Waals surface area contributed by atoms with Crippen LogP contribution in [0.5, 0.6) is 0 Å². The first-order valence-corrected chi connectivity index (χ1v) is 7.35. The third-order valence-electron chi connectivity index (χ3n) is 3.33. The van der Waals surface area contributed by atoms with Crippen LogP contribution in [0.15, 0.2) is 48.2 Å². The molecule has 2 rings (SSSR count). The van der Waals surface area contributed by atoms with Crippen LogP contribution in [-0.2, 0) is 14.3 Å². The Morgan fingerprint density at radius 3 is 2.56 bits per heavy atom. The summed E-state index contributed by atoms with van der Waals surface area (Å²) in [7, 11) is 1.48. The van der Waals surface area contributed by atoms with Crippen molar-refractivity contribution in [3.63, 3.8) is 0 Å². The van der Waals surface area contributed by atoms with Gasteiger partial charge in [0.15, 0.2) is 0 Å². The van der Waals surface area contributed by atoms with Crippen molar-refractivity contribution in [3.8, 4) is 11.8 Å². The molecular formula is C18H16N2O5. The van der Waals surface area contributed by atoms with E-state index in [0.29, 0.717) is 11.4 Å². The minimum Gasteiger partial charge on any atom is -0.478 e. The molecule has 7 nitrogen and oxygen atoms in total. The lowest BCUT2D eigenvalue weighted by atomic mass is 10.2. The van der Waals surface area contributed by atoms with Gasteiger partial charge in [-0.25, -0.2) is 9.59 Å². The molecule has 1 N–H and O–H groups in total. The first-order valence-electron chi connectivity index (χ1n) is 7.35. The molecule has 25 heavy (non-hydrogen) atoms. The second kappa shape index (κ2) is 8.47. The lowest BCUT2D eigenvalue weighted by molar-refractivity contribution is -0.139. The van der Waals surface area contributed by atoms with Gasteiger partial charge in [0.05, 0.1) is 12.2 Å². The Morgan fingerprint density at radius 2 is 1.96 bits per heavy atom. The van der Waals surface area contributed by atoms with Crippen molar-refractivity contribution in [2.75, 3.05) is 20.3 Å². The Bertz CT molecular complexity index is 828. The number of carbonyl (C=O) groups excluding carboxylic acids is 1. The predicted octanol–water partition coefficient (Wildman–Crippen LogP) is 2.27. The fourth-order valence-corrected chi connectivity index (χ4v) is 2.09. The van der Waals surface area contributed by atoms with Crippen LogP contribution in [0.1, 0.15) is 16.1 Å². The third kappa shape index (κ3) is 4.56. The zero-order chi connectivity index (χ0) is 18.2. The number of carboxylic acid groups (broad SMARTS) is 1. The standard InChI is InChI=1S/C18H16N2O5/c1-24-9-10-25-18(23)14(12-19)11-16-3-2-8-20(16)15-6-4-13(5-7-15)17(21)22/h2-8,11H,9-10H2,1H3,(H,21,22)/b14-11+. The molecule has 7 heteroatoms. The van der Waals surface area contributed by atoms with Crippen LogP contribution >= 0.6 is 0 Å². The van der Waals surface area contributed by atoms with E-state index < -0.39 is 11.9 Å². The number of aromatic nitrogens is 1. The maximum atomic E-state index is 11.9. The molecule has 0 aliphatic rings. The molecule has 0 aliphatic carbocycles. The van der Waals surface area contributed by atoms with Gasteiger partial charge in [0.1, 0.15) is 18.2 Å². The average Bonchev–Trinajstić information content (AvgIpc) is 3.08. The van der Waals surface area contributed by atoms with Crippen molar-refractivity contribution in [1.82, 2.24) is 4.57 Å². The number of hydrogen-bond donors (Lipinski definition) is 1. The van der Waals surface area contributed by atoms with E-state index in [9.17, 15) is 14.9 Å². The molecule has 1 aromatic heterocycles. The quantitative estimate of drug-likeness (QED) is 0.359. The van der Waals surface area contributed by atoms with E-state index in [1.807, 2.05) is 6.07 Å². The molecule has 0 saturated heterocycles. The number of esters is 1. The van der Waals surface area contributed by atoms with Gasteiger partial charge in [-0.1, -0.05) is 0 Å². The molecule has 1 heterocycles. The maximum Gasteiger partial charge on any atom is 0.349 e. The molecule has 2 aromatic rings. The molecule has 0 atom stereocenters. The van der Waals surface area contributed by atoms with Crippen LogP contribution in [-0.4, -0.2) is 41.9 Å². The fourth-order valence-electron chi connectivity index (χ4n) is 2.09. The van der Waals surface area contributed by atoms with Crippen LogP contribution in [0.25, 0.3) is 11.8 Å². The lowest BCUT2D eigenvalue weighted by Crippen LogP contribution is -2.11. The Labute approximate surface area is 144 Å². The lowest BCUT2D eigenvalue weighted by Gasteiger charge is -2.08. The highest BCUT2D eigenvalue weighted by Gasteiger charge is 2.12. The number of aromatic carboxylic acids is 1. The number of carbonyl (C=O) groups is 2. The van der Waals surface area contributed by atoms with Crippen molar-refractivity contribution >= 4 is 18.0 Å². The van der Waals surface area contributed by atoms with Crippen molar-refractivity contribution in [1.29, 1.82) is 5.26 Å². The van der Waals surface area contributed by atoms with Gasteiger partial charge in [-0.3, -0.25) is 0 Å². The molecule has 0 saturated carbocycles. The van der Waals surface area contributed by atoms with E-state index in [1.54, 1.807) is 35.0 Å². The summed E-state index contributed by atoms with van der Waals surface area (Å²) >= 11 is 0. The van der Waals surface area contributed by atoms with E-state index in [2.05, 4.69) is 0 Å². The molecule has 0 bridgehead atoms. The van der Waals surface area contributed by atoms with Gasteiger partial charge in [-0.2, -0.15) is 5.26 Å². The minimum absolute atomic E-state index is 0.0615. The molecule has 0 radical (unpaired) electrons. The second-order valence-electron chi connectivity index (χ2n) is 4.95. The normalized spacial score (nSPS) is 11.0. The molecule has 1 aromatic carbocycles. The molecule has 0 unspecified atom stereocenters. The van der Waals surface area contributed by atoms with Crippen molar-refractivity contribution < 1.29 is 24.2 Å². The number of hydrogen-bond acceptors (Lipinski definition) is 5. The van der Waals surface area contributed by atoms with E-state index in [4.69, 9.17) is 14.6 Å². The van der Waals surface area contributed by atoms with Gasteiger partial charge in [-0.05, 0) is 42.5 Å². The zero-order valence-electron chi connectivity index (χ0n) is 13.5. The number of ether oxygens (including phenoxy) is 2. The number of rotatable bonds is 7. The minimum atomic E-state index is -1.01. The summed E-state index contributed by atoms with van der Waals surface area (Å²) in [5, 5.41) is 18.1. The Hall–Kier alpha value is -3.37. The number of methoxy groups -OCH3 is 1. The molecule has 0 amide bonds. The summed E-state index contributed by atoms with van der Waals surface area (Å²) in [6, 6.07) is 11.6. The molecular weight excluding hydrogens is 324 g/mol. The topological polar surface area (TPSA) is 102 Å². The molecule has 0 fully saturated rings. The largest absolute Gasteiger partial charge is 0.478 e. The van der Waals surface area contributed by atoms with E-state index >= 15 is 0 Å². The van der Waals surface area contributed by atoms with E-state index in [-0.39, 0.29) is 24.4 Å². The third-order valence-corrected chi connectivity index (χ3v) is 3.33. The highest BCUT2D eigenvalue weighted by atomic mass is 16.6. The Balaban J connectivity index is 2.26. The SMILES string of the molecule is COCCOC(=O)/C(C#N)=C/c1cccn1-c1ccc(C(=O)O)cc1. The molecule has 0 aliphatic heterocycles. The second-order valence-corrected chi connectivity index (χ2v) is 4.95. The highest BCUT2D eigenvalue weighted by Crippen LogP contribution is 2.17. The van der Waals surface area contributed by atoms with Crippen LogP contribution in [0.4, 0.5) is 0 Å². The Kier molecular flexibility index (Phi) is 6.09. The van der Waals surface area contributed by atoms with Crippen LogP contribution in [0.3, 0.4) is 0 Å². The summed E-state index contributed by atoms with van der Waals surface area (Å²) < 4.78 is 11.5. The van der Waals surface area contributed by atoms with Crippen LogP contribution in [0, 0.1) is 11.3 Å². The van der Waals surface area contributed by atoms with Crippen LogP contribution in [0.2, 0.25) is 0 Å². The summed E-state index contributed by atoms with van der Waals surface area (Å²) in [6.45, 7) is 0.308. The van der Waals surface area contributed by atoms with Gasteiger partial charge in [0.25, 0.3) is 0 Å². The molecule has 128 valence electrons. The Morgan fingerprint density at radius 1 is 1.24 bits per heavy atom. The highest BCUT2D eigenvalue weighted by molar-refractivity contribution is 5.97. The van der Waals surface area contributed by atoms with Crippen molar-refractivity contribution in [2.24, 2.45) is 0 Å². The average molecular weight is 340 g/mol. The van der Waals surface area contributed by atoms with E-state index in [0.717, 1.165) is 0 Å². The summed E-state index contributed by atoms with van der Waals surface area (Å²) in [5.41, 5.74) is 1.32. The van der Waals surface area contributed by atoms with Gasteiger partial charge in [0, 0.05) is 24.7 Å².